The Morgan fingerprint density at radius 3 is 2.44 bits per heavy atom. The number of benzene rings is 1. The van der Waals surface area contributed by atoms with Crippen molar-refractivity contribution in [2.75, 3.05) is 13.1 Å². The van der Waals surface area contributed by atoms with Gasteiger partial charge in [-0.15, -0.1) is 0 Å². The van der Waals surface area contributed by atoms with Gasteiger partial charge in [0.15, 0.2) is 0 Å². The molecule has 1 rings (SSSR count). The van der Waals surface area contributed by atoms with Gasteiger partial charge in [0.2, 0.25) is 0 Å². The van der Waals surface area contributed by atoms with Crippen molar-refractivity contribution >= 4 is 15.9 Å². The maximum atomic E-state index is 3.59. The van der Waals surface area contributed by atoms with E-state index in [1.165, 1.54) is 29.3 Å². The molecule has 1 aromatic carbocycles. The summed E-state index contributed by atoms with van der Waals surface area (Å²) in [6.45, 7) is 9.04. The van der Waals surface area contributed by atoms with Crippen molar-refractivity contribution in [3.05, 3.63) is 34.3 Å². The van der Waals surface area contributed by atoms with E-state index in [9.17, 15) is 0 Å². The summed E-state index contributed by atoms with van der Waals surface area (Å²) in [7, 11) is 0. The lowest BCUT2D eigenvalue weighted by Crippen LogP contribution is -2.27. The minimum atomic E-state index is 0.629. The monoisotopic (exact) mass is 311 g/mol. The first-order valence-corrected chi connectivity index (χ1v) is 7.98. The topological polar surface area (TPSA) is 12.0 Å². The number of hydrogen-bond donors (Lipinski definition) is 1. The smallest absolute Gasteiger partial charge is 0.0178 e. The number of rotatable bonds is 8. The lowest BCUT2D eigenvalue weighted by molar-refractivity contribution is 0.380. The van der Waals surface area contributed by atoms with E-state index in [-0.39, 0.29) is 0 Å². The van der Waals surface area contributed by atoms with Crippen LogP contribution in [0.4, 0.5) is 0 Å². The lowest BCUT2D eigenvalue weighted by Gasteiger charge is -2.26. The zero-order chi connectivity index (χ0) is 13.4. The van der Waals surface area contributed by atoms with Gasteiger partial charge in [-0.05, 0) is 42.5 Å². The Hall–Kier alpha value is -0.340. The van der Waals surface area contributed by atoms with Crippen LogP contribution in [0.2, 0.25) is 0 Å². The molecule has 0 bridgehead atoms. The van der Waals surface area contributed by atoms with E-state index in [0.717, 1.165) is 19.0 Å². The molecule has 0 saturated carbocycles. The van der Waals surface area contributed by atoms with Crippen LogP contribution in [0, 0.1) is 5.92 Å². The van der Waals surface area contributed by atoms with E-state index in [2.05, 4.69) is 66.3 Å². The van der Waals surface area contributed by atoms with Crippen LogP contribution in [0.1, 0.15) is 51.5 Å². The first-order chi connectivity index (χ1) is 8.72. The van der Waals surface area contributed by atoms with E-state index in [1.807, 2.05) is 0 Å². The molecule has 1 N–H and O–H groups in total. The Balaban J connectivity index is 2.81. The molecule has 1 unspecified atom stereocenters. The Bertz CT molecular complexity index is 334. The summed E-state index contributed by atoms with van der Waals surface area (Å²) in [6, 6.07) is 8.79. The maximum Gasteiger partial charge on any atom is 0.0178 e. The normalized spacial score (nSPS) is 12.9. The SMILES string of the molecule is CCCNCC(c1cccc(Br)c1)C(CC)CC. The molecule has 0 heterocycles. The van der Waals surface area contributed by atoms with E-state index < -0.39 is 0 Å². The molecule has 0 saturated heterocycles. The third-order valence-electron chi connectivity index (χ3n) is 3.69. The molecule has 0 fully saturated rings. The van der Waals surface area contributed by atoms with E-state index >= 15 is 0 Å². The van der Waals surface area contributed by atoms with Gasteiger partial charge in [-0.1, -0.05) is 61.7 Å². The molecule has 1 nitrogen and oxygen atoms in total. The molecule has 1 aromatic rings. The second kappa shape index (κ2) is 8.71. The Morgan fingerprint density at radius 2 is 1.89 bits per heavy atom. The zero-order valence-corrected chi connectivity index (χ0v) is 13.5. The van der Waals surface area contributed by atoms with E-state index in [4.69, 9.17) is 0 Å². The van der Waals surface area contributed by atoms with Gasteiger partial charge in [-0.2, -0.15) is 0 Å². The molecule has 0 aliphatic heterocycles. The third-order valence-corrected chi connectivity index (χ3v) is 4.18. The quantitative estimate of drug-likeness (QED) is 0.668. The van der Waals surface area contributed by atoms with Gasteiger partial charge >= 0.3 is 0 Å². The van der Waals surface area contributed by atoms with Gasteiger partial charge < -0.3 is 5.32 Å². The fraction of sp³-hybridized carbons (Fsp3) is 0.625. The van der Waals surface area contributed by atoms with Gasteiger partial charge in [0.05, 0.1) is 0 Å². The fourth-order valence-corrected chi connectivity index (χ4v) is 3.00. The molecule has 18 heavy (non-hydrogen) atoms. The molecule has 0 radical (unpaired) electrons. The first kappa shape index (κ1) is 15.7. The Kier molecular flexibility index (Phi) is 7.60. The summed E-state index contributed by atoms with van der Waals surface area (Å²) in [5.74, 6) is 1.40. The standard InChI is InChI=1S/C16H26BrN/c1-4-10-18-12-16(13(5-2)6-3)14-8-7-9-15(17)11-14/h7-9,11,13,16,18H,4-6,10,12H2,1-3H3. The molecule has 0 spiro atoms. The highest BCUT2D eigenvalue weighted by atomic mass is 79.9. The molecule has 0 aliphatic carbocycles. The summed E-state index contributed by atoms with van der Waals surface area (Å²) in [5, 5.41) is 3.59. The fourth-order valence-electron chi connectivity index (χ4n) is 2.59. The van der Waals surface area contributed by atoms with E-state index in [1.54, 1.807) is 0 Å². The molecule has 0 aliphatic rings. The minimum Gasteiger partial charge on any atom is -0.316 e. The van der Waals surface area contributed by atoms with Crippen LogP contribution in [0.5, 0.6) is 0 Å². The third kappa shape index (κ3) is 4.74. The predicted molar refractivity (Wildman–Crippen MR) is 84.1 cm³/mol. The predicted octanol–water partition coefficient (Wildman–Crippen LogP) is 4.97. The van der Waals surface area contributed by atoms with Crippen molar-refractivity contribution in [2.24, 2.45) is 5.92 Å². The highest BCUT2D eigenvalue weighted by Gasteiger charge is 2.20. The van der Waals surface area contributed by atoms with Crippen molar-refractivity contribution in [3.63, 3.8) is 0 Å². The average molecular weight is 312 g/mol. The van der Waals surface area contributed by atoms with Crippen molar-refractivity contribution in [1.29, 1.82) is 0 Å². The first-order valence-electron chi connectivity index (χ1n) is 7.19. The summed E-state index contributed by atoms with van der Waals surface area (Å²) >= 11 is 3.58. The summed E-state index contributed by atoms with van der Waals surface area (Å²) < 4.78 is 1.19. The van der Waals surface area contributed by atoms with Crippen LogP contribution < -0.4 is 5.32 Å². The molecular weight excluding hydrogens is 286 g/mol. The number of nitrogens with one attached hydrogen (secondary N) is 1. The summed E-state index contributed by atoms with van der Waals surface area (Å²) in [6.07, 6.45) is 3.71. The van der Waals surface area contributed by atoms with Gasteiger partial charge in [-0.3, -0.25) is 0 Å². The Labute approximate surface area is 120 Å². The summed E-state index contributed by atoms with van der Waals surface area (Å²) in [5.41, 5.74) is 1.46. The summed E-state index contributed by atoms with van der Waals surface area (Å²) in [4.78, 5) is 0. The molecular formula is C16H26BrN. The van der Waals surface area contributed by atoms with Crippen LogP contribution in [0.25, 0.3) is 0 Å². The van der Waals surface area contributed by atoms with Crippen LogP contribution >= 0.6 is 15.9 Å². The van der Waals surface area contributed by atoms with Crippen molar-refractivity contribution in [2.45, 2.75) is 46.0 Å². The Morgan fingerprint density at radius 1 is 1.17 bits per heavy atom. The van der Waals surface area contributed by atoms with Crippen molar-refractivity contribution in [1.82, 2.24) is 5.32 Å². The van der Waals surface area contributed by atoms with Crippen LogP contribution in [0.15, 0.2) is 28.7 Å². The van der Waals surface area contributed by atoms with Gasteiger partial charge in [0.1, 0.15) is 0 Å². The van der Waals surface area contributed by atoms with E-state index in [0.29, 0.717) is 5.92 Å². The van der Waals surface area contributed by atoms with Gasteiger partial charge in [0.25, 0.3) is 0 Å². The number of halogens is 1. The molecule has 0 amide bonds. The van der Waals surface area contributed by atoms with Crippen LogP contribution in [-0.2, 0) is 0 Å². The largest absolute Gasteiger partial charge is 0.316 e. The highest BCUT2D eigenvalue weighted by Crippen LogP contribution is 2.30. The average Bonchev–Trinajstić information content (AvgIpc) is 2.38. The van der Waals surface area contributed by atoms with Crippen molar-refractivity contribution in [3.8, 4) is 0 Å². The van der Waals surface area contributed by atoms with Crippen molar-refractivity contribution < 1.29 is 0 Å². The van der Waals surface area contributed by atoms with Crippen LogP contribution in [0.3, 0.4) is 0 Å². The second-order valence-electron chi connectivity index (χ2n) is 4.94. The molecule has 102 valence electrons. The van der Waals surface area contributed by atoms with Gasteiger partial charge in [-0.25, -0.2) is 0 Å². The number of hydrogen-bond acceptors (Lipinski definition) is 1. The zero-order valence-electron chi connectivity index (χ0n) is 11.9. The molecule has 0 aromatic heterocycles. The maximum absolute atomic E-state index is 3.59. The lowest BCUT2D eigenvalue weighted by atomic mass is 9.82. The molecule has 1 atom stereocenters. The second-order valence-corrected chi connectivity index (χ2v) is 5.86. The van der Waals surface area contributed by atoms with Crippen LogP contribution in [-0.4, -0.2) is 13.1 Å². The molecule has 2 heteroatoms. The minimum absolute atomic E-state index is 0.629. The van der Waals surface area contributed by atoms with Gasteiger partial charge in [0, 0.05) is 11.0 Å². The highest BCUT2D eigenvalue weighted by molar-refractivity contribution is 9.10.